The lowest BCUT2D eigenvalue weighted by Gasteiger charge is -2.06. The summed E-state index contributed by atoms with van der Waals surface area (Å²) in [5.41, 5.74) is 0.303. The van der Waals surface area contributed by atoms with Crippen molar-refractivity contribution in [3.05, 3.63) is 28.3 Å². The molecule has 0 saturated heterocycles. The van der Waals surface area contributed by atoms with Crippen molar-refractivity contribution in [3.63, 3.8) is 0 Å². The number of nitrogens with one attached hydrogen (secondary N) is 1. The number of nitro benzene ring substituents is 1. The Morgan fingerprint density at radius 3 is 2.87 bits per heavy atom. The molecule has 0 saturated carbocycles. The molecule has 0 unspecified atom stereocenters. The third kappa shape index (κ3) is 2.81. The van der Waals surface area contributed by atoms with Crippen molar-refractivity contribution in [2.45, 2.75) is 0 Å². The quantitative estimate of drug-likeness (QED) is 0.562. The van der Waals surface area contributed by atoms with Crippen LogP contribution in [-0.2, 0) is 0 Å². The number of rotatable bonds is 5. The number of hydrogen-bond donors (Lipinski definition) is 2. The fourth-order valence-electron chi connectivity index (χ4n) is 1.13. The van der Waals surface area contributed by atoms with Crippen LogP contribution >= 0.6 is 0 Å². The van der Waals surface area contributed by atoms with E-state index in [2.05, 4.69) is 5.32 Å². The molecule has 1 aromatic carbocycles. The summed E-state index contributed by atoms with van der Waals surface area (Å²) >= 11 is 0. The van der Waals surface area contributed by atoms with Crippen LogP contribution in [0.4, 0.5) is 11.4 Å². The van der Waals surface area contributed by atoms with Crippen LogP contribution in [0.2, 0.25) is 0 Å². The standard InChI is InChI=1S/C9H12N2O4/c1-15-7-2-3-8(10-4-5-12)9(6-7)11(13)14/h2-3,6,10,12H,4-5H2,1H3. The molecule has 0 heterocycles. The molecule has 1 rings (SSSR count). The number of nitrogens with zero attached hydrogens (tertiary/aromatic N) is 1. The van der Waals surface area contributed by atoms with Crippen LogP contribution in [-0.4, -0.2) is 30.3 Å². The summed E-state index contributed by atoms with van der Waals surface area (Å²) in [6.45, 7) is 0.191. The number of anilines is 1. The summed E-state index contributed by atoms with van der Waals surface area (Å²) in [5, 5.41) is 22.0. The topological polar surface area (TPSA) is 84.6 Å². The minimum Gasteiger partial charge on any atom is -0.496 e. The summed E-state index contributed by atoms with van der Waals surface area (Å²) < 4.78 is 4.88. The van der Waals surface area contributed by atoms with Gasteiger partial charge in [-0.15, -0.1) is 0 Å². The van der Waals surface area contributed by atoms with Gasteiger partial charge in [0.05, 0.1) is 24.7 Å². The van der Waals surface area contributed by atoms with Crippen molar-refractivity contribution in [2.75, 3.05) is 25.6 Å². The minimum atomic E-state index is -0.498. The zero-order valence-electron chi connectivity index (χ0n) is 8.27. The predicted octanol–water partition coefficient (Wildman–Crippen LogP) is 1.01. The second kappa shape index (κ2) is 5.16. The van der Waals surface area contributed by atoms with E-state index in [-0.39, 0.29) is 18.8 Å². The van der Waals surface area contributed by atoms with Crippen molar-refractivity contribution in [3.8, 4) is 5.75 Å². The first-order chi connectivity index (χ1) is 7.19. The third-order valence-electron chi connectivity index (χ3n) is 1.83. The Balaban J connectivity index is 2.98. The lowest BCUT2D eigenvalue weighted by Crippen LogP contribution is -2.07. The van der Waals surface area contributed by atoms with E-state index in [4.69, 9.17) is 9.84 Å². The molecule has 0 atom stereocenters. The monoisotopic (exact) mass is 212 g/mol. The molecule has 0 aliphatic heterocycles. The van der Waals surface area contributed by atoms with Crippen molar-refractivity contribution in [2.24, 2.45) is 0 Å². The molecule has 82 valence electrons. The third-order valence-corrected chi connectivity index (χ3v) is 1.83. The number of methoxy groups -OCH3 is 1. The average molecular weight is 212 g/mol. The molecular weight excluding hydrogens is 200 g/mol. The number of ether oxygens (including phenoxy) is 1. The Morgan fingerprint density at radius 1 is 1.60 bits per heavy atom. The number of aliphatic hydroxyl groups excluding tert-OH is 1. The minimum absolute atomic E-state index is 0.0669. The molecule has 6 nitrogen and oxygen atoms in total. The van der Waals surface area contributed by atoms with Crippen LogP contribution in [0.1, 0.15) is 0 Å². The van der Waals surface area contributed by atoms with Gasteiger partial charge in [-0.1, -0.05) is 0 Å². The van der Waals surface area contributed by atoms with Crippen molar-refractivity contribution in [1.29, 1.82) is 0 Å². The molecular formula is C9H12N2O4. The largest absolute Gasteiger partial charge is 0.496 e. The Kier molecular flexibility index (Phi) is 3.87. The summed E-state index contributed by atoms with van der Waals surface area (Å²) in [7, 11) is 1.44. The van der Waals surface area contributed by atoms with E-state index in [9.17, 15) is 10.1 Å². The van der Waals surface area contributed by atoms with Crippen molar-refractivity contribution < 1.29 is 14.8 Å². The van der Waals surface area contributed by atoms with Gasteiger partial charge < -0.3 is 15.2 Å². The predicted molar refractivity (Wildman–Crippen MR) is 55.2 cm³/mol. The molecule has 0 aromatic heterocycles. The van der Waals surface area contributed by atoms with Gasteiger partial charge in [0.25, 0.3) is 5.69 Å². The molecule has 0 aliphatic carbocycles. The zero-order valence-corrected chi connectivity index (χ0v) is 8.27. The SMILES string of the molecule is COc1ccc(NCCO)c([N+](=O)[O-])c1. The van der Waals surface area contributed by atoms with E-state index in [1.165, 1.54) is 13.2 Å². The van der Waals surface area contributed by atoms with E-state index in [0.717, 1.165) is 0 Å². The summed E-state index contributed by atoms with van der Waals surface area (Å²) in [6, 6.07) is 4.50. The first-order valence-electron chi connectivity index (χ1n) is 4.36. The first-order valence-corrected chi connectivity index (χ1v) is 4.36. The van der Waals surface area contributed by atoms with Crippen LogP contribution in [0, 0.1) is 10.1 Å². The summed E-state index contributed by atoms with van der Waals surface area (Å²) in [5.74, 6) is 0.427. The van der Waals surface area contributed by atoms with Gasteiger partial charge in [-0.05, 0) is 12.1 Å². The second-order valence-corrected chi connectivity index (χ2v) is 2.79. The molecule has 2 N–H and O–H groups in total. The molecule has 0 fully saturated rings. The number of aliphatic hydroxyl groups is 1. The van der Waals surface area contributed by atoms with E-state index in [1.807, 2.05) is 0 Å². The Hall–Kier alpha value is -1.82. The number of nitro groups is 1. The van der Waals surface area contributed by atoms with Crippen LogP contribution in [0.15, 0.2) is 18.2 Å². The van der Waals surface area contributed by atoms with Gasteiger partial charge >= 0.3 is 0 Å². The van der Waals surface area contributed by atoms with Crippen LogP contribution < -0.4 is 10.1 Å². The highest BCUT2D eigenvalue weighted by atomic mass is 16.6. The van der Waals surface area contributed by atoms with Gasteiger partial charge in [-0.2, -0.15) is 0 Å². The average Bonchev–Trinajstić information content (AvgIpc) is 2.26. The van der Waals surface area contributed by atoms with E-state index in [1.54, 1.807) is 12.1 Å². The van der Waals surface area contributed by atoms with Crippen LogP contribution in [0.5, 0.6) is 5.75 Å². The Morgan fingerprint density at radius 2 is 2.33 bits per heavy atom. The van der Waals surface area contributed by atoms with Gasteiger partial charge in [0.2, 0.25) is 0 Å². The smallest absolute Gasteiger partial charge is 0.296 e. The maximum Gasteiger partial charge on any atom is 0.296 e. The molecule has 0 bridgehead atoms. The highest BCUT2D eigenvalue weighted by Gasteiger charge is 2.14. The molecule has 0 spiro atoms. The van der Waals surface area contributed by atoms with E-state index in [0.29, 0.717) is 11.4 Å². The molecule has 15 heavy (non-hydrogen) atoms. The molecule has 0 amide bonds. The number of hydrogen-bond acceptors (Lipinski definition) is 5. The summed E-state index contributed by atoms with van der Waals surface area (Å²) in [4.78, 5) is 10.2. The van der Waals surface area contributed by atoms with E-state index >= 15 is 0 Å². The highest BCUT2D eigenvalue weighted by molar-refractivity contribution is 5.63. The maximum atomic E-state index is 10.7. The highest BCUT2D eigenvalue weighted by Crippen LogP contribution is 2.28. The normalized spacial score (nSPS) is 9.73. The van der Waals surface area contributed by atoms with Gasteiger partial charge in [0.15, 0.2) is 0 Å². The molecule has 0 aliphatic rings. The van der Waals surface area contributed by atoms with Gasteiger partial charge in [-0.25, -0.2) is 0 Å². The van der Waals surface area contributed by atoms with E-state index < -0.39 is 4.92 Å². The Labute approximate surface area is 86.6 Å². The maximum absolute atomic E-state index is 10.7. The second-order valence-electron chi connectivity index (χ2n) is 2.79. The molecule has 0 radical (unpaired) electrons. The molecule has 6 heteroatoms. The fourth-order valence-corrected chi connectivity index (χ4v) is 1.13. The van der Waals surface area contributed by atoms with Gasteiger partial charge in [-0.3, -0.25) is 10.1 Å². The lowest BCUT2D eigenvalue weighted by molar-refractivity contribution is -0.384. The fraction of sp³-hybridized carbons (Fsp3) is 0.333. The van der Waals surface area contributed by atoms with Gasteiger partial charge in [0.1, 0.15) is 11.4 Å². The first kappa shape index (κ1) is 11.3. The van der Waals surface area contributed by atoms with Crippen LogP contribution in [0.3, 0.4) is 0 Å². The van der Waals surface area contributed by atoms with Gasteiger partial charge in [0, 0.05) is 6.54 Å². The molecule has 1 aromatic rings. The zero-order chi connectivity index (χ0) is 11.3. The lowest BCUT2D eigenvalue weighted by atomic mass is 10.2. The number of benzene rings is 1. The van der Waals surface area contributed by atoms with Crippen molar-refractivity contribution >= 4 is 11.4 Å². The summed E-state index contributed by atoms with van der Waals surface area (Å²) in [6.07, 6.45) is 0. The Bertz CT molecular complexity index is 354. The van der Waals surface area contributed by atoms with Crippen LogP contribution in [0.25, 0.3) is 0 Å². The van der Waals surface area contributed by atoms with Crippen molar-refractivity contribution in [1.82, 2.24) is 0 Å².